The number of carbonyl (C=O) groups is 1. The van der Waals surface area contributed by atoms with Gasteiger partial charge in [-0.1, -0.05) is 0 Å². The van der Waals surface area contributed by atoms with Crippen molar-refractivity contribution >= 4 is 27.1 Å². The maximum atomic E-state index is 12.3. The normalized spacial score (nSPS) is 16.1. The molecule has 1 aromatic heterocycles. The van der Waals surface area contributed by atoms with Crippen molar-refractivity contribution in [1.29, 1.82) is 0 Å². The molecule has 2 aromatic rings. The molecule has 0 amide bonds. The molecule has 3 rings (SSSR count). The zero-order chi connectivity index (χ0) is 16.1. The molecule has 7 nitrogen and oxygen atoms in total. The fraction of sp³-hybridized carbons (Fsp3) is 0.357. The van der Waals surface area contributed by atoms with Crippen molar-refractivity contribution in [2.24, 2.45) is 0 Å². The minimum absolute atomic E-state index is 0.196. The minimum atomic E-state index is -3.48. The van der Waals surface area contributed by atoms with Gasteiger partial charge in [0.05, 0.1) is 5.56 Å². The van der Waals surface area contributed by atoms with E-state index < -0.39 is 16.2 Å². The Bertz CT molecular complexity index is 854. The van der Waals surface area contributed by atoms with Crippen LogP contribution in [0.25, 0.3) is 10.9 Å². The molecule has 2 heterocycles. The van der Waals surface area contributed by atoms with Gasteiger partial charge in [-0.2, -0.15) is 17.0 Å². The summed E-state index contributed by atoms with van der Waals surface area (Å²) in [5.41, 5.74) is 2.86. The van der Waals surface area contributed by atoms with Gasteiger partial charge in [0.15, 0.2) is 0 Å². The average Bonchev–Trinajstić information content (AvgIpc) is 2.83. The first-order valence-corrected chi connectivity index (χ1v) is 8.25. The number of H-pyrrole nitrogens is 1. The number of aromatic amines is 1. The highest BCUT2D eigenvalue weighted by Gasteiger charge is 2.30. The SMILES string of the molecule is CN(C)S(=O)(=O)N1CCc2[nH]c3ccc(C(=O)O)cc3c2C1. The molecule has 118 valence electrons. The van der Waals surface area contributed by atoms with E-state index in [4.69, 9.17) is 5.11 Å². The fourth-order valence-electron chi connectivity index (χ4n) is 2.75. The number of benzene rings is 1. The lowest BCUT2D eigenvalue weighted by Gasteiger charge is -2.28. The maximum Gasteiger partial charge on any atom is 0.335 e. The summed E-state index contributed by atoms with van der Waals surface area (Å²) < 4.78 is 27.2. The molecule has 0 atom stereocenters. The standard InChI is InChI=1S/C14H17N3O4S/c1-16(2)22(20,21)17-6-5-13-11(8-17)10-7-9(14(18)19)3-4-12(10)15-13/h3-4,7,15H,5-6,8H2,1-2H3,(H,18,19). The van der Waals surface area contributed by atoms with E-state index in [9.17, 15) is 13.2 Å². The van der Waals surface area contributed by atoms with Crippen LogP contribution in [0.1, 0.15) is 21.6 Å². The molecule has 0 saturated heterocycles. The lowest BCUT2D eigenvalue weighted by molar-refractivity contribution is 0.0697. The second-order valence-electron chi connectivity index (χ2n) is 5.52. The van der Waals surface area contributed by atoms with E-state index in [0.717, 1.165) is 22.2 Å². The molecule has 0 fully saturated rings. The van der Waals surface area contributed by atoms with Crippen LogP contribution in [0.4, 0.5) is 0 Å². The predicted molar refractivity (Wildman–Crippen MR) is 82.0 cm³/mol. The Kier molecular flexibility index (Phi) is 3.47. The highest BCUT2D eigenvalue weighted by Crippen LogP contribution is 2.30. The lowest BCUT2D eigenvalue weighted by Crippen LogP contribution is -2.42. The second kappa shape index (κ2) is 5.08. The van der Waals surface area contributed by atoms with Gasteiger partial charge in [0, 0.05) is 50.2 Å². The Morgan fingerprint density at radius 2 is 2.09 bits per heavy atom. The van der Waals surface area contributed by atoms with E-state index in [0.29, 0.717) is 13.0 Å². The van der Waals surface area contributed by atoms with Gasteiger partial charge in [0.2, 0.25) is 0 Å². The van der Waals surface area contributed by atoms with Crippen LogP contribution in [0, 0.1) is 0 Å². The van der Waals surface area contributed by atoms with Gasteiger partial charge in [-0.3, -0.25) is 0 Å². The van der Waals surface area contributed by atoms with Gasteiger partial charge in [0.25, 0.3) is 10.2 Å². The third kappa shape index (κ3) is 2.29. The number of aromatic carboxylic acids is 1. The Morgan fingerprint density at radius 1 is 1.36 bits per heavy atom. The highest BCUT2D eigenvalue weighted by molar-refractivity contribution is 7.86. The zero-order valence-corrected chi connectivity index (χ0v) is 13.1. The summed E-state index contributed by atoms with van der Waals surface area (Å²) in [6.07, 6.45) is 0.583. The first-order chi connectivity index (χ1) is 10.3. The number of hydrogen-bond acceptors (Lipinski definition) is 3. The molecule has 0 bridgehead atoms. The van der Waals surface area contributed by atoms with Gasteiger partial charge >= 0.3 is 5.97 Å². The molecule has 0 unspecified atom stereocenters. The summed E-state index contributed by atoms with van der Waals surface area (Å²) in [4.78, 5) is 14.4. The van der Waals surface area contributed by atoms with Gasteiger partial charge in [-0.25, -0.2) is 4.79 Å². The van der Waals surface area contributed by atoms with Crippen molar-refractivity contribution in [3.8, 4) is 0 Å². The van der Waals surface area contributed by atoms with E-state index >= 15 is 0 Å². The van der Waals surface area contributed by atoms with E-state index in [1.165, 1.54) is 22.7 Å². The van der Waals surface area contributed by atoms with E-state index in [2.05, 4.69) is 4.98 Å². The Labute approximate surface area is 128 Å². The molecule has 1 aliphatic heterocycles. The summed E-state index contributed by atoms with van der Waals surface area (Å²) in [5, 5.41) is 9.89. The van der Waals surface area contributed by atoms with Crippen molar-refractivity contribution in [2.75, 3.05) is 20.6 Å². The molecule has 0 saturated carbocycles. The first kappa shape index (κ1) is 15.0. The maximum absolute atomic E-state index is 12.3. The molecule has 22 heavy (non-hydrogen) atoms. The molecule has 8 heteroatoms. The van der Waals surface area contributed by atoms with Gasteiger partial charge < -0.3 is 10.1 Å². The van der Waals surface area contributed by atoms with E-state index in [-0.39, 0.29) is 12.1 Å². The number of fused-ring (bicyclic) bond motifs is 3. The number of nitrogens with one attached hydrogen (secondary N) is 1. The second-order valence-corrected chi connectivity index (χ2v) is 7.66. The molecule has 1 aliphatic rings. The van der Waals surface area contributed by atoms with Crippen LogP contribution in [0.15, 0.2) is 18.2 Å². The largest absolute Gasteiger partial charge is 0.478 e. The number of nitrogens with zero attached hydrogens (tertiary/aromatic N) is 2. The molecule has 1 aromatic carbocycles. The number of hydrogen-bond donors (Lipinski definition) is 2. The van der Waals surface area contributed by atoms with Crippen LogP contribution < -0.4 is 0 Å². The average molecular weight is 323 g/mol. The van der Waals surface area contributed by atoms with Gasteiger partial charge in [0.1, 0.15) is 0 Å². The molecular formula is C14H17N3O4S. The predicted octanol–water partition coefficient (Wildman–Crippen LogP) is 1.03. The number of carboxylic acid groups (broad SMARTS) is 1. The fourth-order valence-corrected chi connectivity index (χ4v) is 3.83. The molecular weight excluding hydrogens is 306 g/mol. The van der Waals surface area contributed by atoms with Crippen molar-refractivity contribution in [2.45, 2.75) is 13.0 Å². The third-order valence-corrected chi connectivity index (χ3v) is 5.86. The van der Waals surface area contributed by atoms with Crippen LogP contribution in [0.3, 0.4) is 0 Å². The number of carboxylic acids is 1. The molecule has 0 spiro atoms. The summed E-state index contributed by atoms with van der Waals surface area (Å²) in [6.45, 7) is 0.658. The molecule has 0 radical (unpaired) electrons. The van der Waals surface area contributed by atoms with Gasteiger partial charge in [-0.05, 0) is 23.8 Å². The van der Waals surface area contributed by atoms with Crippen LogP contribution in [-0.2, 0) is 23.2 Å². The lowest BCUT2D eigenvalue weighted by atomic mass is 10.0. The Hall–Kier alpha value is -1.90. The van der Waals surface area contributed by atoms with Crippen molar-refractivity contribution in [3.05, 3.63) is 35.0 Å². The molecule has 2 N–H and O–H groups in total. The van der Waals surface area contributed by atoms with Crippen molar-refractivity contribution in [1.82, 2.24) is 13.6 Å². The van der Waals surface area contributed by atoms with Crippen LogP contribution in [0.2, 0.25) is 0 Å². The summed E-state index contributed by atoms with van der Waals surface area (Å²) >= 11 is 0. The highest BCUT2D eigenvalue weighted by atomic mass is 32.2. The van der Waals surface area contributed by atoms with Crippen LogP contribution in [0.5, 0.6) is 0 Å². The van der Waals surface area contributed by atoms with Crippen LogP contribution in [-0.4, -0.2) is 53.7 Å². The van der Waals surface area contributed by atoms with E-state index in [1.807, 2.05) is 0 Å². The van der Waals surface area contributed by atoms with Crippen molar-refractivity contribution < 1.29 is 18.3 Å². The topological polar surface area (TPSA) is 93.7 Å². The molecule has 0 aliphatic carbocycles. The number of aromatic nitrogens is 1. The first-order valence-electron chi connectivity index (χ1n) is 6.85. The third-order valence-electron chi connectivity index (χ3n) is 3.97. The quantitative estimate of drug-likeness (QED) is 0.882. The smallest absolute Gasteiger partial charge is 0.335 e. The Morgan fingerprint density at radius 3 is 2.73 bits per heavy atom. The Balaban J connectivity index is 2.08. The summed E-state index contributed by atoms with van der Waals surface area (Å²) in [6, 6.07) is 4.86. The summed E-state index contributed by atoms with van der Waals surface area (Å²) in [5.74, 6) is -0.995. The van der Waals surface area contributed by atoms with Crippen molar-refractivity contribution in [3.63, 3.8) is 0 Å². The zero-order valence-electron chi connectivity index (χ0n) is 12.3. The van der Waals surface area contributed by atoms with Crippen LogP contribution >= 0.6 is 0 Å². The monoisotopic (exact) mass is 323 g/mol. The minimum Gasteiger partial charge on any atom is -0.478 e. The van der Waals surface area contributed by atoms with Gasteiger partial charge in [-0.15, -0.1) is 0 Å². The summed E-state index contributed by atoms with van der Waals surface area (Å²) in [7, 11) is -0.474. The van der Waals surface area contributed by atoms with E-state index in [1.54, 1.807) is 18.2 Å². The number of rotatable bonds is 3.